The van der Waals surface area contributed by atoms with E-state index in [9.17, 15) is 28.8 Å². The summed E-state index contributed by atoms with van der Waals surface area (Å²) in [6, 6.07) is 39.2. The maximum Gasteiger partial charge on any atom is 0.311 e. The first-order valence-corrected chi connectivity index (χ1v) is 30.3. The molecule has 6 aromatic rings. The molecule has 20 heteroatoms. The van der Waals surface area contributed by atoms with Crippen molar-refractivity contribution in [3.8, 4) is 23.0 Å². The molecule has 10 rings (SSSR count). The molecule has 89 heavy (non-hydrogen) atoms. The molecule has 6 aromatic carbocycles. The standard InChI is InChI=1S/C69H79N7O13/c1-83-60-21-19-53(62(36-60)84-2)41-76(43-57(69(82)86-4)39-72-66(79)47-13-17-49(18-14-47)68(81)74-25-29-88-30-26-74)59-34-52-10-9-45(31-55(52)35-59)44-89-61-22-20-54(63(37-61)85-3)40-75(58-32-50-7-5-6-8-51(50)33-58)42-56(64(70)77)38-71-65(78)46-11-15-48(16-12-46)67(80)73-23-27-87-28-24-73/h5-22,31,36-37,56-59H,23-30,32-35,38-44H2,1-4H3,(H2,70,77)(H,71,78)(H,72,79). The van der Waals surface area contributed by atoms with Crippen LogP contribution in [0.4, 0.5) is 0 Å². The Morgan fingerprint density at radius 1 is 0.528 bits per heavy atom. The Kier molecular flexibility index (Phi) is 21.2. The van der Waals surface area contributed by atoms with Crippen LogP contribution in [-0.4, -0.2) is 174 Å². The molecule has 3 atom stereocenters. The molecule has 2 aliphatic heterocycles. The molecule has 0 spiro atoms. The minimum absolute atomic E-state index is 0.00732. The van der Waals surface area contributed by atoms with Crippen molar-refractivity contribution in [3.63, 3.8) is 0 Å². The number of amides is 5. The lowest BCUT2D eigenvalue weighted by molar-refractivity contribution is -0.146. The summed E-state index contributed by atoms with van der Waals surface area (Å²) in [6.45, 7) is 5.67. The van der Waals surface area contributed by atoms with Gasteiger partial charge in [0.05, 0.1) is 66.7 Å². The van der Waals surface area contributed by atoms with Crippen LogP contribution in [0.1, 0.15) is 80.4 Å². The third kappa shape index (κ3) is 15.9. The van der Waals surface area contributed by atoms with Crippen LogP contribution < -0.4 is 35.3 Å². The van der Waals surface area contributed by atoms with Crippen LogP contribution in [0.15, 0.2) is 127 Å². The zero-order valence-corrected chi connectivity index (χ0v) is 51.0. The number of carbonyl (C=O) groups is 6. The van der Waals surface area contributed by atoms with Gasteiger partial charge < -0.3 is 59.3 Å². The molecule has 0 radical (unpaired) electrons. The van der Waals surface area contributed by atoms with E-state index in [-0.39, 0.29) is 68.5 Å². The molecular formula is C69H79N7O13. The summed E-state index contributed by atoms with van der Waals surface area (Å²) in [7, 11) is 6.18. The molecule has 2 aliphatic carbocycles. The Hall–Kier alpha value is -8.82. The summed E-state index contributed by atoms with van der Waals surface area (Å²) in [5, 5.41) is 5.89. The fourth-order valence-electron chi connectivity index (χ4n) is 12.3. The van der Waals surface area contributed by atoms with E-state index >= 15 is 0 Å². The molecule has 20 nitrogen and oxygen atoms in total. The number of ether oxygens (including phenoxy) is 7. The van der Waals surface area contributed by atoms with Crippen LogP contribution in [0.5, 0.6) is 23.0 Å². The number of esters is 1. The first-order chi connectivity index (χ1) is 43.3. The number of nitrogens with zero attached hydrogens (tertiary/aromatic N) is 4. The van der Waals surface area contributed by atoms with E-state index in [0.717, 1.165) is 35.1 Å². The van der Waals surface area contributed by atoms with Gasteiger partial charge in [0, 0.05) is 123 Å². The number of benzene rings is 6. The van der Waals surface area contributed by atoms with Gasteiger partial charge in [0.1, 0.15) is 29.6 Å². The number of primary amides is 1. The second-order valence-electron chi connectivity index (χ2n) is 23.0. The first-order valence-electron chi connectivity index (χ1n) is 30.3. The molecule has 0 bridgehead atoms. The van der Waals surface area contributed by atoms with Crippen LogP contribution in [0.3, 0.4) is 0 Å². The number of fused-ring (bicyclic) bond motifs is 2. The molecule has 5 amide bonds. The zero-order valence-electron chi connectivity index (χ0n) is 51.0. The third-order valence-electron chi connectivity index (χ3n) is 17.4. The van der Waals surface area contributed by atoms with Gasteiger partial charge in [-0.15, -0.1) is 0 Å². The highest BCUT2D eigenvalue weighted by Crippen LogP contribution is 2.34. The predicted octanol–water partition coefficient (Wildman–Crippen LogP) is 5.93. The lowest BCUT2D eigenvalue weighted by atomic mass is 10.0. The van der Waals surface area contributed by atoms with E-state index in [0.29, 0.717) is 124 Å². The third-order valence-corrected chi connectivity index (χ3v) is 17.4. The molecule has 0 saturated carbocycles. The molecule has 3 unspecified atom stereocenters. The fraction of sp³-hybridized carbons (Fsp3) is 0.391. The predicted molar refractivity (Wildman–Crippen MR) is 332 cm³/mol. The van der Waals surface area contributed by atoms with Crippen molar-refractivity contribution in [1.82, 2.24) is 30.2 Å². The molecule has 4 aliphatic rings. The average molecular weight is 1210 g/mol. The number of rotatable bonds is 26. The maximum atomic E-state index is 13.6. The molecule has 2 heterocycles. The van der Waals surface area contributed by atoms with Crippen LogP contribution in [0.2, 0.25) is 0 Å². The monoisotopic (exact) mass is 1210 g/mol. The van der Waals surface area contributed by atoms with Crippen LogP contribution >= 0.6 is 0 Å². The Bertz CT molecular complexity index is 3450. The van der Waals surface area contributed by atoms with Gasteiger partial charge in [-0.05, 0) is 114 Å². The maximum absolute atomic E-state index is 13.6. The Morgan fingerprint density at radius 3 is 1.46 bits per heavy atom. The molecule has 2 fully saturated rings. The van der Waals surface area contributed by atoms with Crippen LogP contribution in [0, 0.1) is 11.8 Å². The summed E-state index contributed by atoms with van der Waals surface area (Å²) < 4.78 is 40.0. The van der Waals surface area contributed by atoms with E-state index in [2.05, 4.69) is 50.8 Å². The van der Waals surface area contributed by atoms with Gasteiger partial charge in [0.25, 0.3) is 23.6 Å². The van der Waals surface area contributed by atoms with Gasteiger partial charge in [0.2, 0.25) is 5.91 Å². The van der Waals surface area contributed by atoms with Gasteiger partial charge in [-0.3, -0.25) is 38.6 Å². The smallest absolute Gasteiger partial charge is 0.311 e. The van der Waals surface area contributed by atoms with E-state index in [4.69, 9.17) is 38.9 Å². The summed E-state index contributed by atoms with van der Waals surface area (Å²) >= 11 is 0. The number of nitrogens with one attached hydrogen (secondary N) is 2. The lowest BCUT2D eigenvalue weighted by Crippen LogP contribution is -2.46. The molecule has 0 aromatic heterocycles. The quantitative estimate of drug-likeness (QED) is 0.0535. The van der Waals surface area contributed by atoms with Crippen molar-refractivity contribution < 1.29 is 61.9 Å². The van der Waals surface area contributed by atoms with Crippen molar-refractivity contribution in [2.75, 3.05) is 107 Å². The average Bonchev–Trinajstić information content (AvgIpc) is 3.12. The van der Waals surface area contributed by atoms with Crippen LogP contribution in [-0.2, 0) is 69.2 Å². The summed E-state index contributed by atoms with van der Waals surface area (Å²) in [5.74, 6) is -0.946. The minimum Gasteiger partial charge on any atom is -0.497 e. The number of hydrogen-bond donors (Lipinski definition) is 3. The van der Waals surface area contributed by atoms with Gasteiger partial charge in [-0.1, -0.05) is 54.6 Å². The van der Waals surface area contributed by atoms with Crippen molar-refractivity contribution in [2.24, 2.45) is 17.6 Å². The molecular weight excluding hydrogens is 1130 g/mol. The largest absolute Gasteiger partial charge is 0.497 e. The number of carbonyl (C=O) groups excluding carboxylic acids is 6. The van der Waals surface area contributed by atoms with E-state index in [1.165, 1.54) is 23.8 Å². The summed E-state index contributed by atoms with van der Waals surface area (Å²) in [6.07, 6.45) is 2.93. The number of morpholine rings is 2. The molecule has 4 N–H and O–H groups in total. The van der Waals surface area contributed by atoms with Crippen molar-refractivity contribution in [3.05, 3.63) is 189 Å². The highest BCUT2D eigenvalue weighted by atomic mass is 16.5. The SMILES string of the molecule is COC(=O)C(CNC(=O)c1ccc(C(=O)N2CCOCC2)cc1)CN(Cc1ccc(OC)cc1OC)C1Cc2ccc(COc3ccc(CN(CC(CNC(=O)c4ccc(C(=O)N5CCOCC5)cc4)C(N)=O)C4Cc5ccccc5C4)c(OC)c3)cc2C1. The minimum atomic E-state index is -0.738. The van der Waals surface area contributed by atoms with Gasteiger partial charge in [-0.25, -0.2) is 0 Å². The first kappa shape index (κ1) is 63.2. The highest BCUT2D eigenvalue weighted by Gasteiger charge is 2.34. The number of hydrogen-bond acceptors (Lipinski definition) is 15. The van der Waals surface area contributed by atoms with E-state index < -0.39 is 23.7 Å². The van der Waals surface area contributed by atoms with Gasteiger partial charge in [0.15, 0.2) is 0 Å². The van der Waals surface area contributed by atoms with Crippen molar-refractivity contribution in [1.29, 1.82) is 0 Å². The Morgan fingerprint density at radius 2 is 0.978 bits per heavy atom. The zero-order chi connectivity index (χ0) is 62.4. The lowest BCUT2D eigenvalue weighted by Gasteiger charge is -2.32. The fourth-order valence-corrected chi connectivity index (χ4v) is 12.3. The molecule has 468 valence electrons. The van der Waals surface area contributed by atoms with E-state index in [1.54, 1.807) is 79.7 Å². The number of methoxy groups -OCH3 is 4. The van der Waals surface area contributed by atoms with Crippen LogP contribution in [0.25, 0.3) is 0 Å². The van der Waals surface area contributed by atoms with Crippen molar-refractivity contribution >= 4 is 35.5 Å². The van der Waals surface area contributed by atoms with Gasteiger partial charge in [-0.2, -0.15) is 0 Å². The summed E-state index contributed by atoms with van der Waals surface area (Å²) in [4.78, 5) is 88.0. The second kappa shape index (κ2) is 29.9. The van der Waals surface area contributed by atoms with Crippen molar-refractivity contribution in [2.45, 2.75) is 57.5 Å². The highest BCUT2D eigenvalue weighted by molar-refractivity contribution is 5.99. The van der Waals surface area contributed by atoms with E-state index in [1.807, 2.05) is 48.5 Å². The topological polar surface area (TPSA) is 230 Å². The Labute approximate surface area is 519 Å². The second-order valence-corrected chi connectivity index (χ2v) is 23.0. The Balaban J connectivity index is 0.794. The normalized spacial score (nSPS) is 16.2. The summed E-state index contributed by atoms with van der Waals surface area (Å²) in [5.41, 5.74) is 15.4. The van der Waals surface area contributed by atoms with Gasteiger partial charge >= 0.3 is 5.97 Å². The number of nitrogens with two attached hydrogens (primary N) is 1. The molecule has 2 saturated heterocycles.